The first kappa shape index (κ1) is 17.8. The number of nitrogens with one attached hydrogen (secondary N) is 1. The number of benzene rings is 1. The number of amides is 2. The first-order valence-corrected chi connectivity index (χ1v) is 8.12. The quantitative estimate of drug-likeness (QED) is 0.882. The van der Waals surface area contributed by atoms with Crippen LogP contribution in [0.5, 0.6) is 5.75 Å². The van der Waals surface area contributed by atoms with Gasteiger partial charge in [0.15, 0.2) is 0 Å². The number of nitrogens with zero attached hydrogens (tertiary/aromatic N) is 2. The zero-order valence-electron chi connectivity index (χ0n) is 14.7. The van der Waals surface area contributed by atoms with Gasteiger partial charge < -0.3 is 15.0 Å². The summed E-state index contributed by atoms with van der Waals surface area (Å²) in [4.78, 5) is 18.1. The highest BCUT2D eigenvalue weighted by atomic mass is 16.5. The van der Waals surface area contributed by atoms with Crippen molar-refractivity contribution in [3.8, 4) is 5.75 Å². The van der Waals surface area contributed by atoms with Gasteiger partial charge in [0.25, 0.3) is 0 Å². The minimum Gasteiger partial charge on any atom is -0.489 e. The number of carbonyl (C=O) groups excluding carboxylic acids is 1. The van der Waals surface area contributed by atoms with Crippen molar-refractivity contribution in [3.05, 3.63) is 59.9 Å². The van der Waals surface area contributed by atoms with Gasteiger partial charge in [0, 0.05) is 19.4 Å². The highest BCUT2D eigenvalue weighted by Gasteiger charge is 2.18. The van der Waals surface area contributed by atoms with Gasteiger partial charge in [0.2, 0.25) is 0 Å². The Kier molecular flexibility index (Phi) is 6.18. The van der Waals surface area contributed by atoms with Gasteiger partial charge in [-0.25, -0.2) is 4.79 Å². The lowest BCUT2D eigenvalue weighted by atomic mass is 10.1. The average Bonchev–Trinajstić information content (AvgIpc) is 2.61. The maximum absolute atomic E-state index is 12.3. The van der Waals surface area contributed by atoms with Crippen molar-refractivity contribution in [2.24, 2.45) is 0 Å². The molecule has 1 aromatic heterocycles. The molecule has 1 heterocycles. The molecular formula is C19H25N3O2. The van der Waals surface area contributed by atoms with Crippen molar-refractivity contribution in [1.82, 2.24) is 15.2 Å². The molecule has 5 heteroatoms. The Labute approximate surface area is 143 Å². The van der Waals surface area contributed by atoms with Crippen LogP contribution in [0.4, 0.5) is 4.79 Å². The molecule has 2 amide bonds. The molecule has 0 unspecified atom stereocenters. The maximum atomic E-state index is 12.3. The first-order valence-electron chi connectivity index (χ1n) is 8.12. The normalized spacial score (nSPS) is 13.0. The van der Waals surface area contributed by atoms with Crippen LogP contribution in [0.15, 0.2) is 48.8 Å². The van der Waals surface area contributed by atoms with Gasteiger partial charge >= 0.3 is 6.03 Å². The Morgan fingerprint density at radius 3 is 2.67 bits per heavy atom. The SMILES string of the molecule is Cc1ccccc1O[C@H](C)CNC(=O)N(C)[C@@H](C)c1cccnc1. The second-order valence-electron chi connectivity index (χ2n) is 5.95. The standard InChI is InChI=1S/C19H25N3O2/c1-14-8-5-6-10-18(14)24-15(2)12-21-19(23)22(4)16(3)17-9-7-11-20-13-17/h5-11,13,15-16H,12H2,1-4H3,(H,21,23)/t15-,16+/m1/s1. The van der Waals surface area contributed by atoms with E-state index in [1.165, 1.54) is 0 Å². The predicted octanol–water partition coefficient (Wildman–Crippen LogP) is 3.56. The first-order chi connectivity index (χ1) is 11.5. The summed E-state index contributed by atoms with van der Waals surface area (Å²) in [7, 11) is 1.78. The second-order valence-corrected chi connectivity index (χ2v) is 5.95. The molecule has 0 saturated carbocycles. The Hall–Kier alpha value is -2.56. The molecule has 128 valence electrons. The number of hydrogen-bond donors (Lipinski definition) is 1. The summed E-state index contributed by atoms with van der Waals surface area (Å²) in [6, 6.07) is 11.5. The van der Waals surface area contributed by atoms with Gasteiger partial charge in [-0.2, -0.15) is 0 Å². The fourth-order valence-electron chi connectivity index (χ4n) is 2.33. The van der Waals surface area contributed by atoms with E-state index in [4.69, 9.17) is 4.74 Å². The van der Waals surface area contributed by atoms with Gasteiger partial charge in [-0.3, -0.25) is 4.98 Å². The molecule has 2 aromatic rings. The number of rotatable bonds is 6. The van der Waals surface area contributed by atoms with E-state index >= 15 is 0 Å². The van der Waals surface area contributed by atoms with Crippen LogP contribution >= 0.6 is 0 Å². The predicted molar refractivity (Wildman–Crippen MR) is 95.1 cm³/mol. The van der Waals surface area contributed by atoms with E-state index in [0.717, 1.165) is 16.9 Å². The van der Waals surface area contributed by atoms with E-state index < -0.39 is 0 Å². The van der Waals surface area contributed by atoms with E-state index in [-0.39, 0.29) is 18.2 Å². The summed E-state index contributed by atoms with van der Waals surface area (Å²) in [5.41, 5.74) is 2.08. The molecule has 1 aromatic carbocycles. The monoisotopic (exact) mass is 327 g/mol. The molecule has 0 fully saturated rings. The number of carbonyl (C=O) groups is 1. The summed E-state index contributed by atoms with van der Waals surface area (Å²) in [5, 5.41) is 2.91. The second kappa shape index (κ2) is 8.34. The minimum absolute atomic E-state index is 0.0497. The molecule has 0 aliphatic heterocycles. The van der Waals surface area contributed by atoms with Gasteiger partial charge in [0.1, 0.15) is 11.9 Å². The highest BCUT2D eigenvalue weighted by molar-refractivity contribution is 5.74. The van der Waals surface area contributed by atoms with Crippen molar-refractivity contribution in [1.29, 1.82) is 0 Å². The summed E-state index contributed by atoms with van der Waals surface area (Å²) in [6.07, 6.45) is 3.39. The Bertz CT molecular complexity index is 661. The van der Waals surface area contributed by atoms with E-state index in [1.807, 2.05) is 57.2 Å². The Balaban J connectivity index is 1.85. The van der Waals surface area contributed by atoms with E-state index in [1.54, 1.807) is 24.3 Å². The molecular weight excluding hydrogens is 302 g/mol. The minimum atomic E-state index is -0.133. The largest absolute Gasteiger partial charge is 0.489 e. The molecule has 0 spiro atoms. The molecule has 0 bridgehead atoms. The molecule has 24 heavy (non-hydrogen) atoms. The molecule has 2 atom stereocenters. The summed E-state index contributed by atoms with van der Waals surface area (Å²) >= 11 is 0. The Morgan fingerprint density at radius 1 is 1.25 bits per heavy atom. The number of pyridine rings is 1. The molecule has 0 aliphatic rings. The van der Waals surface area contributed by atoms with E-state index in [9.17, 15) is 4.79 Å². The topological polar surface area (TPSA) is 54.5 Å². The van der Waals surface area contributed by atoms with Gasteiger partial charge in [-0.15, -0.1) is 0 Å². The van der Waals surface area contributed by atoms with Crippen molar-refractivity contribution in [3.63, 3.8) is 0 Å². The molecule has 1 N–H and O–H groups in total. The van der Waals surface area contributed by atoms with Crippen molar-refractivity contribution in [2.75, 3.05) is 13.6 Å². The number of aromatic nitrogens is 1. The van der Waals surface area contributed by atoms with E-state index in [0.29, 0.717) is 6.54 Å². The summed E-state index contributed by atoms with van der Waals surface area (Å²) in [5.74, 6) is 0.844. The van der Waals surface area contributed by atoms with Crippen LogP contribution < -0.4 is 10.1 Å². The van der Waals surface area contributed by atoms with Crippen molar-refractivity contribution >= 4 is 6.03 Å². The zero-order chi connectivity index (χ0) is 17.5. The number of ether oxygens (including phenoxy) is 1. The number of urea groups is 1. The maximum Gasteiger partial charge on any atom is 0.317 e. The van der Waals surface area contributed by atoms with Crippen molar-refractivity contribution in [2.45, 2.75) is 32.9 Å². The lowest BCUT2D eigenvalue weighted by molar-refractivity contribution is 0.179. The third-order valence-corrected chi connectivity index (χ3v) is 4.03. The number of para-hydroxylation sites is 1. The third-order valence-electron chi connectivity index (χ3n) is 4.03. The van der Waals surface area contributed by atoms with Crippen LogP contribution in [0.3, 0.4) is 0 Å². The van der Waals surface area contributed by atoms with Crippen LogP contribution in [0.1, 0.15) is 31.0 Å². The van der Waals surface area contributed by atoms with Crippen molar-refractivity contribution < 1.29 is 9.53 Å². The fourth-order valence-corrected chi connectivity index (χ4v) is 2.33. The summed E-state index contributed by atoms with van der Waals surface area (Å²) < 4.78 is 5.88. The molecule has 0 saturated heterocycles. The third kappa shape index (κ3) is 4.72. The van der Waals surface area contributed by atoms with Crippen LogP contribution in [0.2, 0.25) is 0 Å². The number of hydrogen-bond acceptors (Lipinski definition) is 3. The number of aryl methyl sites for hydroxylation is 1. The lowest BCUT2D eigenvalue weighted by Gasteiger charge is -2.26. The highest BCUT2D eigenvalue weighted by Crippen LogP contribution is 2.18. The molecule has 5 nitrogen and oxygen atoms in total. The lowest BCUT2D eigenvalue weighted by Crippen LogP contribution is -2.42. The average molecular weight is 327 g/mol. The van der Waals surface area contributed by atoms with Crippen LogP contribution in [-0.4, -0.2) is 35.6 Å². The van der Waals surface area contributed by atoms with Gasteiger partial charge in [-0.05, 0) is 44.0 Å². The molecule has 0 radical (unpaired) electrons. The fraction of sp³-hybridized carbons (Fsp3) is 0.368. The summed E-state index contributed by atoms with van der Waals surface area (Å²) in [6.45, 7) is 6.36. The van der Waals surface area contributed by atoms with Gasteiger partial charge in [-0.1, -0.05) is 24.3 Å². The van der Waals surface area contributed by atoms with E-state index in [2.05, 4.69) is 10.3 Å². The van der Waals surface area contributed by atoms with Crippen LogP contribution in [-0.2, 0) is 0 Å². The van der Waals surface area contributed by atoms with Crippen LogP contribution in [0, 0.1) is 6.92 Å². The Morgan fingerprint density at radius 2 is 2.00 bits per heavy atom. The molecule has 2 rings (SSSR count). The smallest absolute Gasteiger partial charge is 0.317 e. The van der Waals surface area contributed by atoms with Crippen LogP contribution in [0.25, 0.3) is 0 Å². The van der Waals surface area contributed by atoms with Gasteiger partial charge in [0.05, 0.1) is 12.6 Å². The zero-order valence-corrected chi connectivity index (χ0v) is 14.7. The molecule has 0 aliphatic carbocycles.